The van der Waals surface area contributed by atoms with Gasteiger partial charge in [-0.1, -0.05) is 47.5 Å². The minimum absolute atomic E-state index is 0.00992. The number of amides is 2. The second-order valence-corrected chi connectivity index (χ2v) is 12.5. The number of rotatable bonds is 8. The van der Waals surface area contributed by atoms with E-state index in [1.807, 2.05) is 6.07 Å². The summed E-state index contributed by atoms with van der Waals surface area (Å²) in [5.74, 6) is 0.0464. The molecule has 12 nitrogen and oxygen atoms in total. The number of imidazole rings is 1. The summed E-state index contributed by atoms with van der Waals surface area (Å²) < 4.78 is 15.6. The normalized spacial score (nSPS) is 13.8. The van der Waals surface area contributed by atoms with Gasteiger partial charge in [-0.15, -0.1) is 0 Å². The van der Waals surface area contributed by atoms with Gasteiger partial charge >= 0.3 is 11.7 Å². The fourth-order valence-corrected chi connectivity index (χ4v) is 6.39. The molecule has 3 heterocycles. The number of hydrogen-bond acceptors (Lipinski definition) is 9. The zero-order valence-electron chi connectivity index (χ0n) is 25.6. The van der Waals surface area contributed by atoms with Crippen LogP contribution in [0.15, 0.2) is 75.2 Å². The zero-order valence-corrected chi connectivity index (χ0v) is 27.9. The first-order valence-electron chi connectivity index (χ1n) is 14.2. The molecule has 0 aliphatic carbocycles. The van der Waals surface area contributed by atoms with Crippen molar-refractivity contribution in [2.45, 2.75) is 13.1 Å². The molecule has 15 heteroatoms. The summed E-state index contributed by atoms with van der Waals surface area (Å²) in [6.45, 7) is 0.134. The van der Waals surface area contributed by atoms with Crippen LogP contribution < -0.4 is 20.7 Å². The third-order valence-electron chi connectivity index (χ3n) is 7.64. The molecule has 6 rings (SSSR count). The fourth-order valence-electron chi connectivity index (χ4n) is 5.08. The van der Waals surface area contributed by atoms with Crippen LogP contribution in [0.2, 0.25) is 10.0 Å². The third-order valence-corrected chi connectivity index (χ3v) is 9.13. The largest absolute Gasteiger partial charge is 0.493 e. The van der Waals surface area contributed by atoms with Crippen LogP contribution in [0.1, 0.15) is 22.3 Å². The molecule has 1 fully saturated rings. The quantitative estimate of drug-likeness (QED) is 0.186. The number of thioether (sulfide) groups is 1. The Balaban J connectivity index is 1.33. The number of fused-ring (bicyclic) bond motifs is 1. The number of carbonyl (C=O) groups is 2. The summed E-state index contributed by atoms with van der Waals surface area (Å²) in [6.07, 6.45) is 1.58. The van der Waals surface area contributed by atoms with Crippen LogP contribution in [0.5, 0.6) is 17.5 Å². The predicted molar refractivity (Wildman–Crippen MR) is 182 cm³/mol. The average Bonchev–Trinajstić information content (AvgIpc) is 3.56. The van der Waals surface area contributed by atoms with Crippen LogP contribution in [0.4, 0.5) is 4.79 Å². The highest BCUT2D eigenvalue weighted by Crippen LogP contribution is 2.37. The number of ether oxygens (including phenoxy) is 2. The van der Waals surface area contributed by atoms with Gasteiger partial charge in [0.05, 0.1) is 36.7 Å². The molecule has 0 spiro atoms. The highest BCUT2D eigenvalue weighted by Gasteiger charge is 2.35. The summed E-state index contributed by atoms with van der Waals surface area (Å²) in [7, 11) is 4.32. The van der Waals surface area contributed by atoms with Gasteiger partial charge in [0.2, 0.25) is 0 Å². The Morgan fingerprint density at radius 2 is 1.69 bits per heavy atom. The molecule has 0 unspecified atom stereocenters. The SMILES string of the molecule is COc1cc(C=C2SC(=O)N(Cc3ccc(C#N)cc3)C2=O)ccc1Oc1nc2c(c(=O)n(C)c(=O)n2C)n1Cc1ccc(Cl)cc1Cl. The lowest BCUT2D eigenvalue weighted by molar-refractivity contribution is -0.123. The number of methoxy groups -OCH3 is 1. The predicted octanol–water partition coefficient (Wildman–Crippen LogP) is 5.70. The van der Waals surface area contributed by atoms with Crippen LogP contribution in [-0.4, -0.2) is 41.8 Å². The average molecular weight is 704 g/mol. The van der Waals surface area contributed by atoms with Gasteiger partial charge in [0, 0.05) is 24.1 Å². The van der Waals surface area contributed by atoms with Gasteiger partial charge < -0.3 is 9.47 Å². The van der Waals surface area contributed by atoms with Crippen LogP contribution in [0, 0.1) is 11.3 Å². The molecule has 2 aromatic heterocycles. The third kappa shape index (κ3) is 6.09. The molecule has 2 amide bonds. The summed E-state index contributed by atoms with van der Waals surface area (Å²) in [6, 6.07) is 18.5. The van der Waals surface area contributed by atoms with E-state index in [0.29, 0.717) is 32.3 Å². The summed E-state index contributed by atoms with van der Waals surface area (Å²) in [5.41, 5.74) is 1.46. The second-order valence-electron chi connectivity index (χ2n) is 10.7. The van der Waals surface area contributed by atoms with Gasteiger partial charge in [-0.3, -0.25) is 33.0 Å². The molecule has 0 radical (unpaired) electrons. The van der Waals surface area contributed by atoms with Crippen molar-refractivity contribution in [2.75, 3.05) is 7.11 Å². The number of halogens is 2. The molecule has 1 saturated heterocycles. The van der Waals surface area contributed by atoms with Gasteiger partial charge in [0.25, 0.3) is 16.7 Å². The summed E-state index contributed by atoms with van der Waals surface area (Å²) in [4.78, 5) is 57.8. The molecule has 5 aromatic rings. The van der Waals surface area contributed by atoms with E-state index in [9.17, 15) is 19.2 Å². The van der Waals surface area contributed by atoms with Crippen molar-refractivity contribution in [3.05, 3.63) is 119 Å². The maximum Gasteiger partial charge on any atom is 0.332 e. The van der Waals surface area contributed by atoms with Crippen LogP contribution in [-0.2, 0) is 32.0 Å². The maximum absolute atomic E-state index is 13.3. The fraction of sp³-hybridized carbons (Fsp3) is 0.152. The van der Waals surface area contributed by atoms with E-state index in [2.05, 4.69) is 4.98 Å². The Morgan fingerprint density at radius 1 is 0.938 bits per heavy atom. The van der Waals surface area contributed by atoms with E-state index in [4.69, 9.17) is 37.9 Å². The molecule has 1 aliphatic rings. The van der Waals surface area contributed by atoms with Gasteiger partial charge in [-0.2, -0.15) is 10.2 Å². The number of aromatic nitrogens is 4. The molecule has 0 bridgehead atoms. The van der Waals surface area contributed by atoms with Crippen LogP contribution in [0.3, 0.4) is 0 Å². The topological polar surface area (TPSA) is 141 Å². The van der Waals surface area contributed by atoms with Crippen LogP contribution in [0.25, 0.3) is 17.2 Å². The van der Waals surface area contributed by atoms with Crippen molar-refractivity contribution in [1.29, 1.82) is 5.26 Å². The highest BCUT2D eigenvalue weighted by molar-refractivity contribution is 8.18. The number of nitriles is 1. The van der Waals surface area contributed by atoms with Crippen molar-refractivity contribution in [3.63, 3.8) is 0 Å². The molecule has 0 saturated carbocycles. The molecule has 48 heavy (non-hydrogen) atoms. The molecule has 0 atom stereocenters. The van der Waals surface area contributed by atoms with Crippen molar-refractivity contribution >= 4 is 63.4 Å². The summed E-state index contributed by atoms with van der Waals surface area (Å²) in [5, 5.41) is 9.41. The van der Waals surface area contributed by atoms with Crippen molar-refractivity contribution in [1.82, 2.24) is 23.6 Å². The van der Waals surface area contributed by atoms with Gasteiger partial charge in [0.15, 0.2) is 22.7 Å². The number of aryl methyl sites for hydroxylation is 1. The van der Waals surface area contributed by atoms with E-state index in [-0.39, 0.29) is 46.7 Å². The van der Waals surface area contributed by atoms with Crippen molar-refractivity contribution < 1.29 is 19.1 Å². The Labute approximate surface area is 286 Å². The zero-order chi connectivity index (χ0) is 34.3. The summed E-state index contributed by atoms with van der Waals surface area (Å²) >= 11 is 13.4. The standard InChI is InChI=1S/C33H24Cl2N6O6S/c1-38-28-27(30(43)39(2)32(38)44)40(17-21-9-10-22(34)14-23(21)35)31(37-28)47-24-11-8-20(12-25(24)46-3)13-26-29(42)41(33(45)48-26)16-19-6-4-18(15-36)5-7-19/h4-14H,16-17H2,1-3H3. The first kappa shape index (κ1) is 32.6. The van der Waals surface area contributed by atoms with E-state index in [0.717, 1.165) is 21.2 Å². The lowest BCUT2D eigenvalue weighted by Crippen LogP contribution is -2.37. The number of hydrogen-bond donors (Lipinski definition) is 0. The number of carbonyl (C=O) groups excluding carboxylic acids is 2. The van der Waals surface area contributed by atoms with Gasteiger partial charge in [0.1, 0.15) is 0 Å². The monoisotopic (exact) mass is 702 g/mol. The molecule has 3 aromatic carbocycles. The minimum Gasteiger partial charge on any atom is -0.493 e. The van der Waals surface area contributed by atoms with Crippen molar-refractivity contribution in [3.8, 4) is 23.6 Å². The van der Waals surface area contributed by atoms with Gasteiger partial charge in [-0.05, 0) is 70.9 Å². The Morgan fingerprint density at radius 3 is 2.38 bits per heavy atom. The van der Waals surface area contributed by atoms with E-state index in [1.165, 1.54) is 30.3 Å². The Kier molecular flexibility index (Phi) is 8.89. The molecule has 0 N–H and O–H groups in total. The first-order valence-corrected chi connectivity index (χ1v) is 15.8. The molecule has 1 aliphatic heterocycles. The lowest BCUT2D eigenvalue weighted by Gasteiger charge is -2.14. The van der Waals surface area contributed by atoms with E-state index >= 15 is 0 Å². The van der Waals surface area contributed by atoms with E-state index in [1.54, 1.807) is 66.7 Å². The maximum atomic E-state index is 13.3. The Bertz CT molecular complexity index is 2340. The smallest absolute Gasteiger partial charge is 0.332 e. The minimum atomic E-state index is -0.573. The first-order chi connectivity index (χ1) is 23.0. The number of benzene rings is 3. The number of nitrogens with zero attached hydrogens (tertiary/aromatic N) is 6. The lowest BCUT2D eigenvalue weighted by atomic mass is 10.1. The second kappa shape index (κ2) is 13.1. The van der Waals surface area contributed by atoms with Crippen LogP contribution >= 0.6 is 35.0 Å². The Hall–Kier alpha value is -5.29. The number of imide groups is 1. The molecular formula is C33H24Cl2N6O6S. The molecular weight excluding hydrogens is 679 g/mol. The van der Waals surface area contributed by atoms with Gasteiger partial charge in [-0.25, -0.2) is 4.79 Å². The molecule has 242 valence electrons. The van der Waals surface area contributed by atoms with E-state index < -0.39 is 22.4 Å². The van der Waals surface area contributed by atoms with Crippen molar-refractivity contribution in [2.24, 2.45) is 14.1 Å². The highest BCUT2D eigenvalue weighted by atomic mass is 35.5.